The Morgan fingerprint density at radius 1 is 1.20 bits per heavy atom. The fourth-order valence-corrected chi connectivity index (χ4v) is 2.51. The maximum absolute atomic E-state index is 4.57. The van der Waals surface area contributed by atoms with Gasteiger partial charge in [-0.3, -0.25) is 4.98 Å². The molecule has 0 bridgehead atoms. The maximum Gasteiger partial charge on any atom is 0.140 e. The van der Waals surface area contributed by atoms with Crippen molar-refractivity contribution in [1.82, 2.24) is 19.9 Å². The van der Waals surface area contributed by atoms with Crippen LogP contribution in [0.4, 0.5) is 0 Å². The third-order valence-electron chi connectivity index (χ3n) is 3.36. The highest BCUT2D eigenvalue weighted by molar-refractivity contribution is 5.80. The van der Waals surface area contributed by atoms with E-state index in [4.69, 9.17) is 0 Å². The van der Waals surface area contributed by atoms with Crippen molar-refractivity contribution in [3.8, 4) is 0 Å². The molecule has 0 aliphatic heterocycles. The number of nitrogens with one attached hydrogen (secondary N) is 1. The van der Waals surface area contributed by atoms with Crippen LogP contribution in [0, 0.1) is 6.92 Å². The number of fused-ring (bicyclic) bond motifs is 1. The van der Waals surface area contributed by atoms with Gasteiger partial charge in [0.1, 0.15) is 5.65 Å². The second-order valence-electron chi connectivity index (χ2n) is 4.96. The standard InChI is InChI=1S/C16H18N4/c1-12-5-3-6-14(19-12)11-20-10-13(9-17-2)15-7-4-8-18-16(15)20/h3-8,10,17H,9,11H2,1-2H3. The first-order chi connectivity index (χ1) is 9.78. The van der Waals surface area contributed by atoms with Crippen LogP contribution in [0.15, 0.2) is 42.7 Å². The smallest absolute Gasteiger partial charge is 0.140 e. The number of pyridine rings is 2. The van der Waals surface area contributed by atoms with Crippen LogP contribution in [0.5, 0.6) is 0 Å². The molecule has 0 radical (unpaired) electrons. The Kier molecular flexibility index (Phi) is 3.48. The van der Waals surface area contributed by atoms with E-state index in [1.54, 1.807) is 0 Å². The predicted molar refractivity (Wildman–Crippen MR) is 80.6 cm³/mol. The van der Waals surface area contributed by atoms with Gasteiger partial charge in [-0.15, -0.1) is 0 Å². The molecule has 0 saturated carbocycles. The summed E-state index contributed by atoms with van der Waals surface area (Å²) in [5, 5.41) is 4.41. The molecular formula is C16H18N4. The highest BCUT2D eigenvalue weighted by Gasteiger charge is 2.09. The zero-order valence-corrected chi connectivity index (χ0v) is 11.8. The van der Waals surface area contributed by atoms with Gasteiger partial charge in [-0.25, -0.2) is 4.98 Å². The van der Waals surface area contributed by atoms with E-state index >= 15 is 0 Å². The highest BCUT2D eigenvalue weighted by Crippen LogP contribution is 2.20. The van der Waals surface area contributed by atoms with Crippen molar-refractivity contribution in [3.63, 3.8) is 0 Å². The van der Waals surface area contributed by atoms with Gasteiger partial charge in [-0.2, -0.15) is 0 Å². The van der Waals surface area contributed by atoms with Crippen molar-refractivity contribution < 1.29 is 0 Å². The number of aromatic nitrogens is 3. The minimum Gasteiger partial charge on any atom is -0.326 e. The first kappa shape index (κ1) is 12.8. The minimum absolute atomic E-state index is 0.749. The Hall–Kier alpha value is -2.20. The second kappa shape index (κ2) is 5.43. The molecule has 0 aromatic carbocycles. The van der Waals surface area contributed by atoms with Crippen LogP contribution < -0.4 is 5.32 Å². The Bertz CT molecular complexity index is 730. The molecule has 102 valence electrons. The van der Waals surface area contributed by atoms with E-state index in [-0.39, 0.29) is 0 Å². The average molecular weight is 266 g/mol. The maximum atomic E-state index is 4.57. The lowest BCUT2D eigenvalue weighted by molar-refractivity contribution is 0.774. The lowest BCUT2D eigenvalue weighted by atomic mass is 10.2. The van der Waals surface area contributed by atoms with Crippen molar-refractivity contribution in [3.05, 3.63) is 59.7 Å². The number of rotatable bonds is 4. The van der Waals surface area contributed by atoms with Gasteiger partial charge in [0.15, 0.2) is 0 Å². The fraction of sp³-hybridized carbons (Fsp3) is 0.250. The molecule has 1 N–H and O–H groups in total. The number of hydrogen-bond acceptors (Lipinski definition) is 3. The number of aryl methyl sites for hydroxylation is 1. The van der Waals surface area contributed by atoms with Gasteiger partial charge in [0.05, 0.1) is 12.2 Å². The molecule has 4 heteroatoms. The van der Waals surface area contributed by atoms with Crippen molar-refractivity contribution in [1.29, 1.82) is 0 Å². The van der Waals surface area contributed by atoms with Crippen LogP contribution in [0.3, 0.4) is 0 Å². The predicted octanol–water partition coefficient (Wildman–Crippen LogP) is 2.51. The third-order valence-corrected chi connectivity index (χ3v) is 3.36. The van der Waals surface area contributed by atoms with Crippen molar-refractivity contribution >= 4 is 11.0 Å². The minimum atomic E-state index is 0.749. The normalized spacial score (nSPS) is 11.1. The summed E-state index contributed by atoms with van der Waals surface area (Å²) >= 11 is 0. The van der Waals surface area contributed by atoms with Crippen molar-refractivity contribution in [2.75, 3.05) is 7.05 Å². The van der Waals surface area contributed by atoms with E-state index in [1.165, 1.54) is 10.9 Å². The van der Waals surface area contributed by atoms with Crippen LogP contribution in [-0.2, 0) is 13.1 Å². The van der Waals surface area contributed by atoms with Crippen LogP contribution in [0.25, 0.3) is 11.0 Å². The van der Waals surface area contributed by atoms with Crippen molar-refractivity contribution in [2.45, 2.75) is 20.0 Å². The van der Waals surface area contributed by atoms with Gasteiger partial charge in [0, 0.05) is 30.0 Å². The van der Waals surface area contributed by atoms with Gasteiger partial charge in [-0.1, -0.05) is 6.07 Å². The fourth-order valence-electron chi connectivity index (χ4n) is 2.51. The molecule has 0 amide bonds. The van der Waals surface area contributed by atoms with E-state index in [1.807, 2.05) is 38.4 Å². The SMILES string of the molecule is CNCc1cn(Cc2cccc(C)n2)c2ncccc12. The molecule has 0 aliphatic rings. The Morgan fingerprint density at radius 3 is 2.90 bits per heavy atom. The van der Waals surface area contributed by atoms with Crippen molar-refractivity contribution in [2.24, 2.45) is 0 Å². The Balaban J connectivity index is 2.03. The van der Waals surface area contributed by atoms with Crippen LogP contribution >= 0.6 is 0 Å². The van der Waals surface area contributed by atoms with E-state index < -0.39 is 0 Å². The molecular weight excluding hydrogens is 248 g/mol. The quantitative estimate of drug-likeness (QED) is 0.789. The van der Waals surface area contributed by atoms with E-state index in [9.17, 15) is 0 Å². The van der Waals surface area contributed by atoms with Gasteiger partial charge in [0.2, 0.25) is 0 Å². The summed E-state index contributed by atoms with van der Waals surface area (Å²) in [6, 6.07) is 10.2. The molecule has 3 rings (SSSR count). The number of hydrogen-bond donors (Lipinski definition) is 1. The monoisotopic (exact) mass is 266 g/mol. The summed E-state index contributed by atoms with van der Waals surface area (Å²) < 4.78 is 2.17. The molecule has 0 saturated heterocycles. The van der Waals surface area contributed by atoms with E-state index in [0.717, 1.165) is 30.1 Å². The molecule has 0 spiro atoms. The number of nitrogens with zero attached hydrogens (tertiary/aromatic N) is 3. The molecule has 4 nitrogen and oxygen atoms in total. The molecule has 0 unspecified atom stereocenters. The van der Waals surface area contributed by atoms with Gasteiger partial charge >= 0.3 is 0 Å². The summed E-state index contributed by atoms with van der Waals surface area (Å²) in [7, 11) is 1.96. The van der Waals surface area contributed by atoms with Crippen LogP contribution in [0.1, 0.15) is 17.0 Å². The van der Waals surface area contributed by atoms with Crippen LogP contribution in [0.2, 0.25) is 0 Å². The molecule has 0 atom stereocenters. The summed E-state index contributed by atoms with van der Waals surface area (Å²) in [6.07, 6.45) is 4.00. The first-order valence-corrected chi connectivity index (χ1v) is 6.78. The first-order valence-electron chi connectivity index (χ1n) is 6.78. The molecule has 3 aromatic rings. The average Bonchev–Trinajstić information content (AvgIpc) is 2.78. The van der Waals surface area contributed by atoms with Gasteiger partial charge in [0.25, 0.3) is 0 Å². The summed E-state index contributed by atoms with van der Waals surface area (Å²) in [5.41, 5.74) is 4.38. The molecule has 0 fully saturated rings. The lowest BCUT2D eigenvalue weighted by Crippen LogP contribution is -2.04. The highest BCUT2D eigenvalue weighted by atomic mass is 15.0. The zero-order chi connectivity index (χ0) is 13.9. The second-order valence-corrected chi connectivity index (χ2v) is 4.96. The Labute approximate surface area is 118 Å². The summed E-state index contributed by atoms with van der Waals surface area (Å²) in [4.78, 5) is 9.08. The van der Waals surface area contributed by atoms with Gasteiger partial charge < -0.3 is 9.88 Å². The summed E-state index contributed by atoms with van der Waals surface area (Å²) in [5.74, 6) is 0. The zero-order valence-electron chi connectivity index (χ0n) is 11.8. The van der Waals surface area contributed by atoms with E-state index in [2.05, 4.69) is 38.2 Å². The summed E-state index contributed by atoms with van der Waals surface area (Å²) in [6.45, 7) is 3.61. The topological polar surface area (TPSA) is 42.7 Å². The lowest BCUT2D eigenvalue weighted by Gasteiger charge is -2.04. The molecule has 0 aliphatic carbocycles. The third kappa shape index (κ3) is 2.42. The van der Waals surface area contributed by atoms with Gasteiger partial charge in [-0.05, 0) is 43.8 Å². The Morgan fingerprint density at radius 2 is 2.10 bits per heavy atom. The molecule has 3 heterocycles. The van der Waals surface area contributed by atoms with Crippen LogP contribution in [-0.4, -0.2) is 21.6 Å². The largest absolute Gasteiger partial charge is 0.326 e. The molecule has 3 aromatic heterocycles. The molecule has 20 heavy (non-hydrogen) atoms. The van der Waals surface area contributed by atoms with E-state index in [0.29, 0.717) is 0 Å².